The van der Waals surface area contributed by atoms with E-state index >= 15 is 0 Å². The molecule has 5 heteroatoms. The van der Waals surface area contributed by atoms with Gasteiger partial charge >= 0.3 is 5.97 Å². The fourth-order valence-corrected chi connectivity index (χ4v) is 1.62. The number of esters is 1. The lowest BCUT2D eigenvalue weighted by Crippen LogP contribution is -2.45. The van der Waals surface area contributed by atoms with Crippen molar-refractivity contribution in [1.82, 2.24) is 5.32 Å². The lowest BCUT2D eigenvalue weighted by molar-refractivity contribution is -0.144. The molecular weight excluding hydrogens is 196 g/mol. The molecular formula is C10H18N2O3. The average Bonchev–Trinajstić information content (AvgIpc) is 2.95. The summed E-state index contributed by atoms with van der Waals surface area (Å²) in [6, 6.07) is -0.378. The quantitative estimate of drug-likeness (QED) is 0.599. The van der Waals surface area contributed by atoms with Gasteiger partial charge in [0, 0.05) is 12.5 Å². The Balaban J connectivity index is 2.43. The molecule has 1 fully saturated rings. The van der Waals surface area contributed by atoms with Crippen molar-refractivity contribution in [2.75, 3.05) is 7.11 Å². The van der Waals surface area contributed by atoms with E-state index in [1.807, 2.05) is 6.92 Å². The molecule has 1 aliphatic carbocycles. The molecule has 0 bridgehead atoms. The second-order valence-electron chi connectivity index (χ2n) is 4.08. The minimum absolute atomic E-state index is 0.0906. The maximum atomic E-state index is 11.4. The van der Waals surface area contributed by atoms with Gasteiger partial charge in [-0.3, -0.25) is 9.59 Å². The number of amides is 1. The molecule has 1 aliphatic rings. The van der Waals surface area contributed by atoms with Gasteiger partial charge in [0.1, 0.15) is 6.04 Å². The van der Waals surface area contributed by atoms with Crippen LogP contribution in [0, 0.1) is 5.92 Å². The third-order valence-corrected chi connectivity index (χ3v) is 2.52. The highest BCUT2D eigenvalue weighted by Crippen LogP contribution is 2.33. The summed E-state index contributed by atoms with van der Waals surface area (Å²) in [5.41, 5.74) is 5.07. The van der Waals surface area contributed by atoms with E-state index in [4.69, 9.17) is 10.5 Å². The molecule has 0 aromatic carbocycles. The summed E-state index contributed by atoms with van der Waals surface area (Å²) in [5, 5.41) is 3.09. The molecule has 0 spiro atoms. The van der Waals surface area contributed by atoms with Gasteiger partial charge in [0.25, 0.3) is 0 Å². The molecule has 1 rings (SSSR count). The smallest absolute Gasteiger partial charge is 0.323 e. The Morgan fingerprint density at radius 1 is 1.53 bits per heavy atom. The Morgan fingerprint density at radius 3 is 2.53 bits per heavy atom. The third-order valence-electron chi connectivity index (χ3n) is 2.52. The van der Waals surface area contributed by atoms with Gasteiger partial charge in [-0.2, -0.15) is 0 Å². The van der Waals surface area contributed by atoms with Crippen LogP contribution in [0.2, 0.25) is 0 Å². The van der Waals surface area contributed by atoms with E-state index in [0.717, 1.165) is 12.8 Å². The van der Waals surface area contributed by atoms with Crippen molar-refractivity contribution in [2.45, 2.75) is 38.3 Å². The standard InChI is InChI=1S/C10H18N2O3/c1-6(5-8(11)13)12-9(7-3-4-7)10(14)15-2/h6-7,9,12H,3-5H2,1-2H3,(H2,11,13). The summed E-state index contributed by atoms with van der Waals surface area (Å²) in [6.45, 7) is 1.84. The van der Waals surface area contributed by atoms with Gasteiger partial charge in [-0.25, -0.2) is 0 Å². The zero-order chi connectivity index (χ0) is 11.4. The number of carbonyl (C=O) groups is 2. The number of hydrogen-bond acceptors (Lipinski definition) is 4. The van der Waals surface area contributed by atoms with Crippen molar-refractivity contribution >= 4 is 11.9 Å². The lowest BCUT2D eigenvalue weighted by Gasteiger charge is -2.20. The number of methoxy groups -OCH3 is 1. The number of primary amides is 1. The summed E-state index contributed by atoms with van der Waals surface area (Å²) in [5.74, 6) is -0.268. The fourth-order valence-electron chi connectivity index (χ4n) is 1.62. The van der Waals surface area contributed by atoms with Crippen LogP contribution in [-0.2, 0) is 14.3 Å². The largest absolute Gasteiger partial charge is 0.468 e. The van der Waals surface area contributed by atoms with Gasteiger partial charge in [-0.1, -0.05) is 0 Å². The maximum absolute atomic E-state index is 11.4. The topological polar surface area (TPSA) is 81.4 Å². The van der Waals surface area contributed by atoms with Gasteiger partial charge in [-0.15, -0.1) is 0 Å². The molecule has 0 aromatic rings. The molecule has 15 heavy (non-hydrogen) atoms. The summed E-state index contributed by atoms with van der Waals surface area (Å²) in [7, 11) is 1.37. The summed E-state index contributed by atoms with van der Waals surface area (Å²) in [6.07, 6.45) is 2.31. The van der Waals surface area contributed by atoms with Gasteiger partial charge in [0.15, 0.2) is 0 Å². The van der Waals surface area contributed by atoms with E-state index in [1.165, 1.54) is 7.11 Å². The van der Waals surface area contributed by atoms with Gasteiger partial charge in [-0.05, 0) is 25.7 Å². The number of nitrogens with one attached hydrogen (secondary N) is 1. The van der Waals surface area contributed by atoms with Gasteiger partial charge in [0.05, 0.1) is 7.11 Å². The normalized spacial score (nSPS) is 19.3. The van der Waals surface area contributed by atoms with Crippen molar-refractivity contribution in [3.8, 4) is 0 Å². The SMILES string of the molecule is COC(=O)C(NC(C)CC(N)=O)C1CC1. The van der Waals surface area contributed by atoms with E-state index in [9.17, 15) is 9.59 Å². The molecule has 0 radical (unpaired) electrons. The monoisotopic (exact) mass is 214 g/mol. The first-order valence-electron chi connectivity index (χ1n) is 5.16. The zero-order valence-corrected chi connectivity index (χ0v) is 9.16. The summed E-state index contributed by atoms with van der Waals surface area (Å²) >= 11 is 0. The van der Waals surface area contributed by atoms with Crippen LogP contribution in [-0.4, -0.2) is 31.1 Å². The van der Waals surface area contributed by atoms with Crippen LogP contribution in [0.15, 0.2) is 0 Å². The Hall–Kier alpha value is -1.10. The fraction of sp³-hybridized carbons (Fsp3) is 0.800. The Kier molecular flexibility index (Phi) is 4.08. The summed E-state index contributed by atoms with van der Waals surface area (Å²) < 4.78 is 4.70. The van der Waals surface area contributed by atoms with Crippen LogP contribution in [0.25, 0.3) is 0 Å². The van der Waals surface area contributed by atoms with Crippen molar-refractivity contribution in [2.24, 2.45) is 11.7 Å². The van der Waals surface area contributed by atoms with E-state index in [2.05, 4.69) is 5.32 Å². The number of rotatable bonds is 6. The minimum atomic E-state index is -0.366. The number of nitrogens with two attached hydrogens (primary N) is 1. The van der Waals surface area contributed by atoms with E-state index < -0.39 is 0 Å². The first-order chi connectivity index (χ1) is 7.04. The van der Waals surface area contributed by atoms with Crippen molar-refractivity contribution in [3.05, 3.63) is 0 Å². The third kappa shape index (κ3) is 3.87. The molecule has 2 atom stereocenters. The number of ether oxygens (including phenoxy) is 1. The first kappa shape index (κ1) is 12.0. The minimum Gasteiger partial charge on any atom is -0.468 e. The molecule has 0 saturated heterocycles. The second-order valence-corrected chi connectivity index (χ2v) is 4.08. The molecule has 86 valence electrons. The Morgan fingerprint density at radius 2 is 2.13 bits per heavy atom. The van der Waals surface area contributed by atoms with Gasteiger partial charge < -0.3 is 15.8 Å². The number of hydrogen-bond donors (Lipinski definition) is 2. The van der Waals surface area contributed by atoms with E-state index in [-0.39, 0.29) is 30.4 Å². The molecule has 2 unspecified atom stereocenters. The van der Waals surface area contributed by atoms with Crippen molar-refractivity contribution in [3.63, 3.8) is 0 Å². The molecule has 3 N–H and O–H groups in total. The Bertz CT molecular complexity index is 251. The Labute approximate surface area is 89.3 Å². The first-order valence-corrected chi connectivity index (χ1v) is 5.16. The average molecular weight is 214 g/mol. The molecule has 0 aromatic heterocycles. The highest BCUT2D eigenvalue weighted by atomic mass is 16.5. The lowest BCUT2D eigenvalue weighted by atomic mass is 10.1. The highest BCUT2D eigenvalue weighted by Gasteiger charge is 2.37. The molecule has 1 amide bonds. The van der Waals surface area contributed by atoms with E-state index in [0.29, 0.717) is 5.92 Å². The van der Waals surface area contributed by atoms with Crippen LogP contribution in [0.1, 0.15) is 26.2 Å². The zero-order valence-electron chi connectivity index (χ0n) is 9.16. The van der Waals surface area contributed by atoms with Crippen LogP contribution >= 0.6 is 0 Å². The highest BCUT2D eigenvalue weighted by molar-refractivity contribution is 5.77. The van der Waals surface area contributed by atoms with Gasteiger partial charge in [0.2, 0.25) is 5.91 Å². The van der Waals surface area contributed by atoms with Crippen LogP contribution in [0.3, 0.4) is 0 Å². The second kappa shape index (κ2) is 5.11. The summed E-state index contributed by atoms with van der Waals surface area (Å²) in [4.78, 5) is 22.1. The molecule has 5 nitrogen and oxygen atoms in total. The maximum Gasteiger partial charge on any atom is 0.323 e. The van der Waals surface area contributed by atoms with Crippen LogP contribution in [0.4, 0.5) is 0 Å². The predicted molar refractivity (Wildman–Crippen MR) is 54.9 cm³/mol. The molecule has 0 heterocycles. The van der Waals surface area contributed by atoms with E-state index in [1.54, 1.807) is 0 Å². The van der Waals surface area contributed by atoms with Crippen molar-refractivity contribution in [1.29, 1.82) is 0 Å². The molecule has 1 saturated carbocycles. The number of carbonyl (C=O) groups excluding carboxylic acids is 2. The van der Waals surface area contributed by atoms with Crippen LogP contribution < -0.4 is 11.1 Å². The predicted octanol–water partition coefficient (Wildman–Crippen LogP) is -0.208. The van der Waals surface area contributed by atoms with Crippen LogP contribution in [0.5, 0.6) is 0 Å². The van der Waals surface area contributed by atoms with Crippen molar-refractivity contribution < 1.29 is 14.3 Å². The molecule has 0 aliphatic heterocycles.